The van der Waals surface area contributed by atoms with E-state index >= 15 is 0 Å². The van der Waals surface area contributed by atoms with Crippen molar-refractivity contribution in [2.45, 2.75) is 25.4 Å². The molecule has 0 fully saturated rings. The van der Waals surface area contributed by atoms with Gasteiger partial charge in [0.05, 0.1) is 24.9 Å². The third-order valence-corrected chi connectivity index (χ3v) is 4.57. The second kappa shape index (κ2) is 12.5. The predicted octanol–water partition coefficient (Wildman–Crippen LogP) is 2.47. The predicted molar refractivity (Wildman–Crippen MR) is 116 cm³/mol. The van der Waals surface area contributed by atoms with Gasteiger partial charge in [0.25, 0.3) is 5.91 Å². The molecule has 1 aromatic carbocycles. The molecule has 2 amide bonds. The Hall–Kier alpha value is -3.20. The maximum Gasteiger partial charge on any atom is 0.255 e. The summed E-state index contributed by atoms with van der Waals surface area (Å²) in [6.07, 6.45) is 2.32. The van der Waals surface area contributed by atoms with Crippen LogP contribution in [0.4, 0.5) is 4.39 Å². The number of hydrogen-bond donors (Lipinski definition) is 4. The number of benzene rings is 1. The first-order valence-electron chi connectivity index (χ1n) is 9.64. The number of carbonyl (C=O) groups is 2. The lowest BCUT2D eigenvalue weighted by Crippen LogP contribution is -2.47. The Morgan fingerprint density at radius 3 is 2.74 bits per heavy atom. The van der Waals surface area contributed by atoms with Crippen molar-refractivity contribution in [3.05, 3.63) is 58.9 Å². The third kappa shape index (κ3) is 7.86. The van der Waals surface area contributed by atoms with Crippen molar-refractivity contribution < 1.29 is 18.7 Å². The molecule has 166 valence electrons. The average Bonchev–Trinajstić information content (AvgIpc) is 2.79. The standard InChI is InChI=1S/C21H25ClFN5O3/c1-31-18-8-7-14(22)11-16(18)20(29)28-17(6-4-10-26-19(24)12-23)21(30)27-13-15-5-2-3-9-25-15/h2-3,5,7-9,11,17H,4,6,10,12-13H2,1H3,(H2,24,26)(H,27,30)(H,28,29). The maximum atomic E-state index is 12.8. The van der Waals surface area contributed by atoms with E-state index < -0.39 is 18.6 Å². The SMILES string of the molecule is COc1ccc(Cl)cc1C(=O)NC(CCCNC(=N)CF)C(=O)NCc1ccccn1. The lowest BCUT2D eigenvalue weighted by molar-refractivity contribution is -0.123. The minimum Gasteiger partial charge on any atom is -0.496 e. The van der Waals surface area contributed by atoms with Gasteiger partial charge < -0.3 is 20.7 Å². The van der Waals surface area contributed by atoms with Crippen LogP contribution in [0.5, 0.6) is 5.75 Å². The molecule has 0 aliphatic heterocycles. The number of rotatable bonds is 11. The number of carbonyl (C=O) groups excluding carboxylic acids is 2. The lowest BCUT2D eigenvalue weighted by atomic mass is 10.1. The molecule has 0 radical (unpaired) electrons. The van der Waals surface area contributed by atoms with Crippen LogP contribution in [0.15, 0.2) is 42.6 Å². The summed E-state index contributed by atoms with van der Waals surface area (Å²) in [6.45, 7) is -0.389. The van der Waals surface area contributed by atoms with Crippen LogP contribution in [-0.4, -0.2) is 49.0 Å². The number of halogens is 2. The number of alkyl halides is 1. The van der Waals surface area contributed by atoms with Crippen LogP contribution in [-0.2, 0) is 11.3 Å². The number of nitrogens with one attached hydrogen (secondary N) is 4. The minimum absolute atomic E-state index is 0.204. The molecule has 0 aliphatic rings. The monoisotopic (exact) mass is 449 g/mol. The molecule has 1 unspecified atom stereocenters. The fourth-order valence-electron chi connectivity index (χ4n) is 2.76. The first kappa shape index (κ1) is 24.1. The zero-order chi connectivity index (χ0) is 22.6. The molecule has 0 bridgehead atoms. The van der Waals surface area contributed by atoms with E-state index in [1.807, 2.05) is 6.07 Å². The molecular weight excluding hydrogens is 425 g/mol. The van der Waals surface area contributed by atoms with E-state index in [1.165, 1.54) is 13.2 Å². The van der Waals surface area contributed by atoms with Crippen molar-refractivity contribution in [3.63, 3.8) is 0 Å². The number of nitrogens with zero attached hydrogens (tertiary/aromatic N) is 1. The van der Waals surface area contributed by atoms with Gasteiger partial charge in [-0.1, -0.05) is 17.7 Å². The molecule has 0 saturated heterocycles. The fourth-order valence-corrected chi connectivity index (χ4v) is 2.93. The van der Waals surface area contributed by atoms with Gasteiger partial charge in [0.15, 0.2) is 0 Å². The maximum absolute atomic E-state index is 12.8. The summed E-state index contributed by atoms with van der Waals surface area (Å²) in [5.41, 5.74) is 0.880. The van der Waals surface area contributed by atoms with Gasteiger partial charge in [-0.05, 0) is 43.2 Å². The Balaban J connectivity index is 2.06. The summed E-state index contributed by atoms with van der Waals surface area (Å²) in [7, 11) is 1.43. The zero-order valence-electron chi connectivity index (χ0n) is 17.1. The van der Waals surface area contributed by atoms with Gasteiger partial charge in [-0.15, -0.1) is 0 Å². The van der Waals surface area contributed by atoms with Crippen LogP contribution in [0.1, 0.15) is 28.9 Å². The van der Waals surface area contributed by atoms with Crippen molar-refractivity contribution in [1.29, 1.82) is 5.41 Å². The van der Waals surface area contributed by atoms with Crippen molar-refractivity contribution in [2.24, 2.45) is 0 Å². The van der Waals surface area contributed by atoms with Gasteiger partial charge in [-0.2, -0.15) is 0 Å². The fraction of sp³-hybridized carbons (Fsp3) is 0.333. The molecule has 4 N–H and O–H groups in total. The summed E-state index contributed by atoms with van der Waals surface area (Å²) in [6, 6.07) is 9.13. The van der Waals surface area contributed by atoms with Gasteiger partial charge in [-0.3, -0.25) is 20.0 Å². The summed E-state index contributed by atoms with van der Waals surface area (Å²) >= 11 is 6.00. The van der Waals surface area contributed by atoms with Gasteiger partial charge in [-0.25, -0.2) is 4.39 Å². The number of ether oxygens (including phenoxy) is 1. The van der Waals surface area contributed by atoms with Crippen LogP contribution < -0.4 is 20.7 Å². The largest absolute Gasteiger partial charge is 0.496 e. The Kier molecular flexibility index (Phi) is 9.70. The number of pyridine rings is 1. The normalized spacial score (nSPS) is 11.3. The van der Waals surface area contributed by atoms with Crippen molar-refractivity contribution >= 4 is 29.3 Å². The van der Waals surface area contributed by atoms with Crippen LogP contribution in [0.2, 0.25) is 5.02 Å². The Bertz CT molecular complexity index is 898. The molecule has 1 aromatic heterocycles. The van der Waals surface area contributed by atoms with E-state index in [0.29, 0.717) is 29.4 Å². The molecule has 0 saturated carbocycles. The Morgan fingerprint density at radius 2 is 2.06 bits per heavy atom. The van der Waals surface area contributed by atoms with Crippen molar-refractivity contribution in [2.75, 3.05) is 20.3 Å². The first-order valence-corrected chi connectivity index (χ1v) is 10.0. The van der Waals surface area contributed by atoms with Crippen LogP contribution in [0, 0.1) is 5.41 Å². The van der Waals surface area contributed by atoms with Gasteiger partial charge in [0.1, 0.15) is 24.3 Å². The van der Waals surface area contributed by atoms with Crippen LogP contribution >= 0.6 is 11.6 Å². The van der Waals surface area contributed by atoms with Crippen molar-refractivity contribution in [1.82, 2.24) is 20.9 Å². The summed E-state index contributed by atoms with van der Waals surface area (Å²) in [4.78, 5) is 29.7. The van der Waals surface area contributed by atoms with E-state index in [1.54, 1.807) is 30.5 Å². The molecule has 2 aromatic rings. The second-order valence-corrected chi connectivity index (χ2v) is 7.03. The van der Waals surface area contributed by atoms with E-state index in [4.69, 9.17) is 21.7 Å². The molecule has 10 heteroatoms. The highest BCUT2D eigenvalue weighted by atomic mass is 35.5. The highest BCUT2D eigenvalue weighted by molar-refractivity contribution is 6.31. The minimum atomic E-state index is -0.890. The summed E-state index contributed by atoms with van der Waals surface area (Å²) in [5, 5.41) is 15.7. The number of methoxy groups -OCH3 is 1. The average molecular weight is 450 g/mol. The lowest BCUT2D eigenvalue weighted by Gasteiger charge is -2.19. The number of hydrogen-bond acceptors (Lipinski definition) is 5. The first-order chi connectivity index (χ1) is 14.9. The Labute approximate surface area is 185 Å². The molecule has 2 rings (SSSR count). The number of aromatic nitrogens is 1. The molecule has 0 spiro atoms. The summed E-state index contributed by atoms with van der Waals surface area (Å²) < 4.78 is 17.6. The number of amidine groups is 1. The van der Waals surface area contributed by atoms with E-state index in [0.717, 1.165) is 0 Å². The Morgan fingerprint density at radius 1 is 1.26 bits per heavy atom. The molecular formula is C21H25ClFN5O3. The van der Waals surface area contributed by atoms with E-state index in [2.05, 4.69) is 20.9 Å². The topological polar surface area (TPSA) is 116 Å². The van der Waals surface area contributed by atoms with Gasteiger partial charge >= 0.3 is 0 Å². The smallest absolute Gasteiger partial charge is 0.255 e. The second-order valence-electron chi connectivity index (χ2n) is 6.59. The highest BCUT2D eigenvalue weighted by Crippen LogP contribution is 2.22. The molecule has 31 heavy (non-hydrogen) atoms. The van der Waals surface area contributed by atoms with Gasteiger partial charge in [0, 0.05) is 17.8 Å². The van der Waals surface area contributed by atoms with Crippen LogP contribution in [0.25, 0.3) is 0 Å². The quantitative estimate of drug-likeness (QED) is 0.239. The molecule has 8 nitrogen and oxygen atoms in total. The zero-order valence-corrected chi connectivity index (χ0v) is 17.8. The van der Waals surface area contributed by atoms with E-state index in [9.17, 15) is 14.0 Å². The molecule has 0 aliphatic carbocycles. The molecule has 1 heterocycles. The van der Waals surface area contributed by atoms with E-state index in [-0.39, 0.29) is 30.3 Å². The highest BCUT2D eigenvalue weighted by Gasteiger charge is 2.23. The number of amides is 2. The van der Waals surface area contributed by atoms with Crippen molar-refractivity contribution in [3.8, 4) is 5.75 Å². The third-order valence-electron chi connectivity index (χ3n) is 4.34. The van der Waals surface area contributed by atoms with Crippen LogP contribution in [0.3, 0.4) is 0 Å². The summed E-state index contributed by atoms with van der Waals surface area (Å²) in [5.74, 6) is -0.807. The molecule has 1 atom stereocenters. The van der Waals surface area contributed by atoms with Gasteiger partial charge in [0.2, 0.25) is 5.91 Å².